The number of unbranched alkanes of at least 4 members (excludes halogenated alkanes) is 2. The van der Waals surface area contributed by atoms with E-state index in [9.17, 15) is 14.7 Å². The third kappa shape index (κ3) is 10.1. The molecule has 3 rings (SSSR count). The molecule has 37 heavy (non-hydrogen) atoms. The molecule has 2 amide bonds. The van der Waals surface area contributed by atoms with Crippen LogP contribution in [0.2, 0.25) is 0 Å². The number of rotatable bonds is 14. The number of anilines is 1. The molecular formula is C28H38N2O6S. The number of benzene rings is 2. The maximum Gasteiger partial charge on any atom is 0.224 e. The predicted octanol–water partition coefficient (Wildman–Crippen LogP) is 4.08. The Morgan fingerprint density at radius 3 is 2.38 bits per heavy atom. The Labute approximate surface area is 223 Å². The minimum atomic E-state index is -0.552. The van der Waals surface area contributed by atoms with Crippen molar-refractivity contribution >= 4 is 29.3 Å². The molecule has 9 heteroatoms. The number of aliphatic hydroxyl groups excluding tert-OH is 2. The maximum absolute atomic E-state index is 12.3. The molecule has 1 saturated heterocycles. The van der Waals surface area contributed by atoms with Crippen molar-refractivity contribution in [2.24, 2.45) is 0 Å². The number of ether oxygens (including phenoxy) is 2. The maximum atomic E-state index is 12.3. The van der Waals surface area contributed by atoms with Gasteiger partial charge < -0.3 is 30.3 Å². The Balaban J connectivity index is 1.56. The fourth-order valence-corrected chi connectivity index (χ4v) is 4.87. The lowest BCUT2D eigenvalue weighted by atomic mass is 10.0. The number of nitrogens with one attached hydrogen (secondary N) is 2. The molecule has 2 aromatic rings. The SMILES string of the molecule is CC(=O)NCCCCCC(=O)Nc1ccc([C@@H]2O[C@H](CSCCO)C[C@H](c3ccc(CO)cc3)O2)cc1. The molecule has 0 saturated carbocycles. The molecular weight excluding hydrogens is 492 g/mol. The molecule has 1 aliphatic rings. The second-order valence-electron chi connectivity index (χ2n) is 9.11. The van der Waals surface area contributed by atoms with Crippen molar-refractivity contribution in [1.82, 2.24) is 5.32 Å². The largest absolute Gasteiger partial charge is 0.396 e. The molecule has 0 spiro atoms. The van der Waals surface area contributed by atoms with Crippen LogP contribution in [0.4, 0.5) is 5.69 Å². The van der Waals surface area contributed by atoms with Gasteiger partial charge in [-0.1, -0.05) is 42.8 Å². The fourth-order valence-electron chi connectivity index (χ4n) is 4.10. The van der Waals surface area contributed by atoms with Crippen molar-refractivity contribution in [3.8, 4) is 0 Å². The minimum Gasteiger partial charge on any atom is -0.396 e. The first kappa shape index (κ1) is 29.1. The Morgan fingerprint density at radius 1 is 0.973 bits per heavy atom. The summed E-state index contributed by atoms with van der Waals surface area (Å²) < 4.78 is 12.6. The highest BCUT2D eigenvalue weighted by Crippen LogP contribution is 2.39. The summed E-state index contributed by atoms with van der Waals surface area (Å²) in [6, 6.07) is 15.3. The summed E-state index contributed by atoms with van der Waals surface area (Å²) in [6.07, 6.45) is 2.89. The van der Waals surface area contributed by atoms with E-state index in [1.54, 1.807) is 11.8 Å². The monoisotopic (exact) mass is 530 g/mol. The molecule has 1 fully saturated rings. The molecule has 0 bridgehead atoms. The van der Waals surface area contributed by atoms with Gasteiger partial charge >= 0.3 is 0 Å². The zero-order valence-corrected chi connectivity index (χ0v) is 22.2. The number of hydrogen-bond acceptors (Lipinski definition) is 7. The van der Waals surface area contributed by atoms with Crippen molar-refractivity contribution in [2.45, 2.75) is 64.1 Å². The summed E-state index contributed by atoms with van der Waals surface area (Å²) >= 11 is 1.65. The van der Waals surface area contributed by atoms with E-state index in [1.807, 2.05) is 48.5 Å². The summed E-state index contributed by atoms with van der Waals surface area (Å²) in [5, 5.41) is 24.2. The fraction of sp³-hybridized carbons (Fsp3) is 0.500. The quantitative estimate of drug-likeness (QED) is 0.272. The smallest absolute Gasteiger partial charge is 0.224 e. The highest BCUT2D eigenvalue weighted by molar-refractivity contribution is 7.99. The molecule has 0 aliphatic carbocycles. The van der Waals surface area contributed by atoms with Gasteiger partial charge in [0, 0.05) is 49.1 Å². The van der Waals surface area contributed by atoms with Crippen molar-refractivity contribution in [3.05, 3.63) is 65.2 Å². The summed E-state index contributed by atoms with van der Waals surface area (Å²) in [5.41, 5.74) is 3.47. The standard InChI is InChI=1S/C28H38N2O6S/c1-20(33)29-14-4-2-3-5-27(34)30-24-12-10-23(11-13-24)28-35-25(19-37-16-15-31)17-26(36-28)22-8-6-21(18-32)7-9-22/h6-13,25-26,28,31-32H,2-5,14-19H2,1H3,(H,29,33)(H,30,34)/t25-,26+,28+/m0/s1. The van der Waals surface area contributed by atoms with E-state index in [2.05, 4.69) is 10.6 Å². The molecule has 3 atom stereocenters. The van der Waals surface area contributed by atoms with Gasteiger partial charge in [0.2, 0.25) is 11.8 Å². The van der Waals surface area contributed by atoms with Gasteiger partial charge in [-0.05, 0) is 36.1 Å². The van der Waals surface area contributed by atoms with Crippen molar-refractivity contribution < 1.29 is 29.3 Å². The third-order valence-corrected chi connectivity index (χ3v) is 7.15. The predicted molar refractivity (Wildman–Crippen MR) is 145 cm³/mol. The Kier molecular flexibility index (Phi) is 12.4. The molecule has 1 heterocycles. The van der Waals surface area contributed by atoms with E-state index in [0.717, 1.165) is 41.7 Å². The number of thioether (sulfide) groups is 1. The van der Waals surface area contributed by atoms with Gasteiger partial charge in [0.15, 0.2) is 6.29 Å². The van der Waals surface area contributed by atoms with E-state index >= 15 is 0 Å². The van der Waals surface area contributed by atoms with Crippen LogP contribution < -0.4 is 10.6 Å². The van der Waals surface area contributed by atoms with Gasteiger partial charge in [0.05, 0.1) is 25.4 Å². The Bertz CT molecular complexity index is 970. The number of aliphatic hydroxyl groups is 2. The normalized spacial score (nSPS) is 19.4. The average molecular weight is 531 g/mol. The molecule has 2 aromatic carbocycles. The van der Waals surface area contributed by atoms with Crippen LogP contribution in [0.1, 0.15) is 68.1 Å². The van der Waals surface area contributed by atoms with Crippen LogP contribution in [0.3, 0.4) is 0 Å². The van der Waals surface area contributed by atoms with E-state index < -0.39 is 6.29 Å². The highest BCUT2D eigenvalue weighted by atomic mass is 32.2. The van der Waals surface area contributed by atoms with Gasteiger partial charge in [-0.25, -0.2) is 0 Å². The van der Waals surface area contributed by atoms with Gasteiger partial charge in [0.25, 0.3) is 0 Å². The zero-order valence-electron chi connectivity index (χ0n) is 21.4. The Hall–Kier alpha value is -2.43. The average Bonchev–Trinajstić information content (AvgIpc) is 2.91. The first-order chi connectivity index (χ1) is 18.0. The molecule has 4 N–H and O–H groups in total. The van der Waals surface area contributed by atoms with Crippen LogP contribution in [0.15, 0.2) is 48.5 Å². The van der Waals surface area contributed by atoms with E-state index in [4.69, 9.17) is 14.6 Å². The van der Waals surface area contributed by atoms with Crippen molar-refractivity contribution in [2.75, 3.05) is 30.0 Å². The highest BCUT2D eigenvalue weighted by Gasteiger charge is 2.32. The Morgan fingerprint density at radius 2 is 1.70 bits per heavy atom. The van der Waals surface area contributed by atoms with Gasteiger partial charge in [-0.15, -0.1) is 0 Å². The van der Waals surface area contributed by atoms with Gasteiger partial charge in [-0.3, -0.25) is 9.59 Å². The van der Waals surface area contributed by atoms with Gasteiger partial charge in [0.1, 0.15) is 0 Å². The third-order valence-electron chi connectivity index (χ3n) is 6.08. The molecule has 0 unspecified atom stereocenters. The second-order valence-corrected chi connectivity index (χ2v) is 10.3. The van der Waals surface area contributed by atoms with Crippen LogP contribution in [0, 0.1) is 0 Å². The number of carbonyl (C=O) groups is 2. The van der Waals surface area contributed by atoms with Crippen molar-refractivity contribution in [3.63, 3.8) is 0 Å². The van der Waals surface area contributed by atoms with Gasteiger partial charge in [-0.2, -0.15) is 11.8 Å². The van der Waals surface area contributed by atoms with E-state index in [1.165, 1.54) is 6.92 Å². The first-order valence-corrected chi connectivity index (χ1v) is 14.0. The molecule has 8 nitrogen and oxygen atoms in total. The summed E-state index contributed by atoms with van der Waals surface area (Å²) in [4.78, 5) is 23.2. The van der Waals surface area contributed by atoms with E-state index in [-0.39, 0.29) is 37.2 Å². The van der Waals surface area contributed by atoms with Crippen molar-refractivity contribution in [1.29, 1.82) is 0 Å². The van der Waals surface area contributed by atoms with Crippen LogP contribution in [-0.2, 0) is 25.7 Å². The summed E-state index contributed by atoms with van der Waals surface area (Å²) in [6.45, 7) is 2.27. The molecule has 0 aromatic heterocycles. The minimum absolute atomic E-state index is 0.000541. The lowest BCUT2D eigenvalue weighted by Gasteiger charge is -2.36. The van der Waals surface area contributed by atoms with Crippen LogP contribution in [0.5, 0.6) is 0 Å². The molecule has 1 aliphatic heterocycles. The number of hydrogen-bond donors (Lipinski definition) is 4. The van der Waals surface area contributed by atoms with Crippen LogP contribution in [0.25, 0.3) is 0 Å². The molecule has 202 valence electrons. The second kappa shape index (κ2) is 15.7. The summed E-state index contributed by atoms with van der Waals surface area (Å²) in [7, 11) is 0. The van der Waals surface area contributed by atoms with E-state index in [0.29, 0.717) is 30.8 Å². The van der Waals surface area contributed by atoms with Crippen LogP contribution in [-0.4, -0.2) is 52.8 Å². The zero-order chi connectivity index (χ0) is 26.5. The lowest BCUT2D eigenvalue weighted by molar-refractivity contribution is -0.245. The first-order valence-electron chi connectivity index (χ1n) is 12.8. The number of amides is 2. The summed E-state index contributed by atoms with van der Waals surface area (Å²) in [5.74, 6) is 1.34. The van der Waals surface area contributed by atoms with Crippen LogP contribution >= 0.6 is 11.8 Å². The molecule has 0 radical (unpaired) electrons. The topological polar surface area (TPSA) is 117 Å². The lowest BCUT2D eigenvalue weighted by Crippen LogP contribution is -2.31. The number of carbonyl (C=O) groups excluding carboxylic acids is 2.